The molecule has 0 atom stereocenters. The average molecular weight is 257 g/mol. The number of nitrogens with two attached hydrogens (primary N) is 1. The number of para-hydroxylation sites is 2. The lowest BCUT2D eigenvalue weighted by molar-refractivity contribution is 0.723. The number of anilines is 4. The Morgan fingerprint density at radius 2 is 1.79 bits per heavy atom. The van der Waals surface area contributed by atoms with Crippen LogP contribution in [0.2, 0.25) is 0 Å². The van der Waals surface area contributed by atoms with Gasteiger partial charge in [0.2, 0.25) is 0 Å². The first-order valence-corrected chi connectivity index (χ1v) is 6.46. The Morgan fingerprint density at radius 1 is 1.11 bits per heavy atom. The number of rotatable bonds is 1. The zero-order chi connectivity index (χ0) is 13.6. The summed E-state index contributed by atoms with van der Waals surface area (Å²) in [5.74, 6) is 0.984. The maximum atomic E-state index is 6.19. The van der Waals surface area contributed by atoms with Gasteiger partial charge in [0, 0.05) is 27.2 Å². The van der Waals surface area contributed by atoms with E-state index in [-0.39, 0.29) is 0 Å². The quantitative estimate of drug-likeness (QED) is 0.847. The Labute approximate surface area is 113 Å². The van der Waals surface area contributed by atoms with Gasteiger partial charge in [-0.15, -0.1) is 0 Å². The van der Waals surface area contributed by atoms with E-state index in [0.29, 0.717) is 0 Å². The molecule has 0 radical (unpaired) electrons. The number of nitrogens with zero attached hydrogens (tertiary/aromatic N) is 4. The number of fused-ring (bicyclic) bond motifs is 1. The number of hydrogen-bond donors (Lipinski definition) is 1. The number of aromatic nitrogens is 2. The minimum absolute atomic E-state index is 0.766. The molecule has 100 valence electrons. The van der Waals surface area contributed by atoms with Gasteiger partial charge in [-0.2, -0.15) is 5.10 Å². The molecule has 1 aliphatic heterocycles. The topological polar surface area (TPSA) is 50.3 Å². The first kappa shape index (κ1) is 11.9. The molecule has 5 nitrogen and oxygen atoms in total. The number of aryl methyl sites for hydroxylation is 2. The standard InChI is InChI=1S/C14H19N5/c1-10-13(15)14(18(3)16-10)19-9-8-17(2)11-6-4-5-7-12(11)19/h4-7H,8-9,15H2,1-3H3. The van der Waals surface area contributed by atoms with Gasteiger partial charge in [0.1, 0.15) is 0 Å². The highest BCUT2D eigenvalue weighted by Gasteiger charge is 2.25. The molecule has 1 aliphatic rings. The van der Waals surface area contributed by atoms with Crippen LogP contribution in [0.4, 0.5) is 22.9 Å². The van der Waals surface area contributed by atoms with Crippen LogP contribution in [0.25, 0.3) is 0 Å². The van der Waals surface area contributed by atoms with E-state index in [4.69, 9.17) is 5.73 Å². The largest absolute Gasteiger partial charge is 0.394 e. The molecule has 1 aromatic heterocycles. The fourth-order valence-electron chi connectivity index (χ4n) is 2.71. The second kappa shape index (κ2) is 4.19. The highest BCUT2D eigenvalue weighted by Crippen LogP contribution is 2.39. The van der Waals surface area contributed by atoms with Gasteiger partial charge in [-0.3, -0.25) is 4.68 Å². The number of benzene rings is 1. The molecule has 3 rings (SSSR count). The zero-order valence-corrected chi connectivity index (χ0v) is 11.6. The molecule has 0 unspecified atom stereocenters. The van der Waals surface area contributed by atoms with Crippen molar-refractivity contribution in [3.8, 4) is 0 Å². The fraction of sp³-hybridized carbons (Fsp3) is 0.357. The van der Waals surface area contributed by atoms with E-state index < -0.39 is 0 Å². The van der Waals surface area contributed by atoms with Crippen LogP contribution in [0.1, 0.15) is 5.69 Å². The molecule has 0 fully saturated rings. The van der Waals surface area contributed by atoms with Crippen molar-refractivity contribution in [2.45, 2.75) is 6.92 Å². The van der Waals surface area contributed by atoms with Crippen LogP contribution >= 0.6 is 0 Å². The first-order valence-electron chi connectivity index (χ1n) is 6.46. The Hall–Kier alpha value is -2.17. The molecule has 0 saturated heterocycles. The van der Waals surface area contributed by atoms with Gasteiger partial charge in [-0.25, -0.2) is 0 Å². The molecule has 2 N–H and O–H groups in total. The van der Waals surface area contributed by atoms with Crippen LogP contribution in [-0.2, 0) is 7.05 Å². The Kier molecular flexibility index (Phi) is 2.62. The lowest BCUT2D eigenvalue weighted by atomic mass is 10.1. The SMILES string of the molecule is Cc1nn(C)c(N2CCN(C)c3ccccc32)c1N. The molecule has 0 saturated carbocycles. The van der Waals surface area contributed by atoms with Gasteiger partial charge < -0.3 is 15.5 Å². The van der Waals surface area contributed by atoms with E-state index in [0.717, 1.165) is 30.3 Å². The predicted octanol–water partition coefficient (Wildman–Crippen LogP) is 1.90. The fourth-order valence-corrected chi connectivity index (χ4v) is 2.71. The average Bonchev–Trinajstić information content (AvgIpc) is 2.65. The molecule has 0 bridgehead atoms. The van der Waals surface area contributed by atoms with Crippen molar-refractivity contribution >= 4 is 22.9 Å². The predicted molar refractivity (Wildman–Crippen MR) is 79.1 cm³/mol. The summed E-state index contributed by atoms with van der Waals surface area (Å²) >= 11 is 0. The molecule has 2 aromatic rings. The summed E-state index contributed by atoms with van der Waals surface area (Å²) in [5, 5.41) is 4.41. The van der Waals surface area contributed by atoms with E-state index in [1.165, 1.54) is 11.4 Å². The van der Waals surface area contributed by atoms with Gasteiger partial charge in [0.05, 0.1) is 22.8 Å². The van der Waals surface area contributed by atoms with Crippen LogP contribution < -0.4 is 15.5 Å². The van der Waals surface area contributed by atoms with Gasteiger partial charge in [0.15, 0.2) is 5.82 Å². The third kappa shape index (κ3) is 1.73. The van der Waals surface area contributed by atoms with Crippen molar-refractivity contribution in [2.75, 3.05) is 35.7 Å². The molecule has 5 heteroatoms. The summed E-state index contributed by atoms with van der Waals surface area (Å²) in [7, 11) is 4.06. The van der Waals surface area contributed by atoms with Gasteiger partial charge in [-0.05, 0) is 19.1 Å². The van der Waals surface area contributed by atoms with E-state index in [1.807, 2.05) is 18.7 Å². The molecular weight excluding hydrogens is 238 g/mol. The Morgan fingerprint density at radius 3 is 2.42 bits per heavy atom. The Balaban J connectivity index is 2.15. The third-order valence-electron chi connectivity index (χ3n) is 3.74. The second-order valence-corrected chi connectivity index (χ2v) is 5.01. The van der Waals surface area contributed by atoms with Crippen LogP contribution in [0.5, 0.6) is 0 Å². The van der Waals surface area contributed by atoms with Crippen molar-refractivity contribution in [3.63, 3.8) is 0 Å². The van der Waals surface area contributed by atoms with E-state index in [9.17, 15) is 0 Å². The summed E-state index contributed by atoms with van der Waals surface area (Å²) in [6, 6.07) is 8.40. The van der Waals surface area contributed by atoms with Crippen molar-refractivity contribution in [2.24, 2.45) is 7.05 Å². The van der Waals surface area contributed by atoms with E-state index in [2.05, 4.69) is 46.2 Å². The molecule has 0 spiro atoms. The zero-order valence-electron chi connectivity index (χ0n) is 11.6. The molecule has 19 heavy (non-hydrogen) atoms. The van der Waals surface area contributed by atoms with Crippen LogP contribution in [0.15, 0.2) is 24.3 Å². The maximum Gasteiger partial charge on any atom is 0.155 e. The molecule has 1 aromatic carbocycles. The van der Waals surface area contributed by atoms with Gasteiger partial charge >= 0.3 is 0 Å². The molecule has 2 heterocycles. The number of likely N-dealkylation sites (N-methyl/N-ethyl adjacent to an activating group) is 1. The highest BCUT2D eigenvalue weighted by atomic mass is 15.4. The normalized spacial score (nSPS) is 14.7. The number of nitrogen functional groups attached to an aromatic ring is 1. The monoisotopic (exact) mass is 257 g/mol. The highest BCUT2D eigenvalue weighted by molar-refractivity contribution is 5.82. The second-order valence-electron chi connectivity index (χ2n) is 5.01. The van der Waals surface area contributed by atoms with Crippen molar-refractivity contribution in [1.29, 1.82) is 0 Å². The van der Waals surface area contributed by atoms with Crippen LogP contribution in [-0.4, -0.2) is 29.9 Å². The first-order chi connectivity index (χ1) is 9.09. The van der Waals surface area contributed by atoms with Crippen molar-refractivity contribution in [3.05, 3.63) is 30.0 Å². The third-order valence-corrected chi connectivity index (χ3v) is 3.74. The summed E-state index contributed by atoms with van der Waals surface area (Å²) in [5.41, 5.74) is 10.3. The molecular formula is C14H19N5. The minimum atomic E-state index is 0.766. The van der Waals surface area contributed by atoms with Crippen LogP contribution in [0, 0.1) is 6.92 Å². The summed E-state index contributed by atoms with van der Waals surface area (Å²) in [6.45, 7) is 3.83. The van der Waals surface area contributed by atoms with Gasteiger partial charge in [-0.1, -0.05) is 12.1 Å². The maximum absolute atomic E-state index is 6.19. The molecule has 0 aliphatic carbocycles. The van der Waals surface area contributed by atoms with Crippen molar-refractivity contribution in [1.82, 2.24) is 9.78 Å². The number of hydrogen-bond acceptors (Lipinski definition) is 4. The molecule has 0 amide bonds. The van der Waals surface area contributed by atoms with Crippen LogP contribution in [0.3, 0.4) is 0 Å². The minimum Gasteiger partial charge on any atom is -0.394 e. The van der Waals surface area contributed by atoms with E-state index >= 15 is 0 Å². The summed E-state index contributed by atoms with van der Waals surface area (Å²) in [4.78, 5) is 4.52. The Bertz CT molecular complexity index is 616. The van der Waals surface area contributed by atoms with Crippen molar-refractivity contribution < 1.29 is 0 Å². The van der Waals surface area contributed by atoms with E-state index in [1.54, 1.807) is 0 Å². The lowest BCUT2D eigenvalue weighted by Crippen LogP contribution is -2.37. The summed E-state index contributed by atoms with van der Waals surface area (Å²) in [6.07, 6.45) is 0. The smallest absolute Gasteiger partial charge is 0.155 e. The lowest BCUT2D eigenvalue weighted by Gasteiger charge is -2.36. The van der Waals surface area contributed by atoms with Gasteiger partial charge in [0.25, 0.3) is 0 Å². The summed E-state index contributed by atoms with van der Waals surface area (Å²) < 4.78 is 1.87.